The van der Waals surface area contributed by atoms with Crippen molar-refractivity contribution in [2.45, 2.75) is 32.7 Å². The normalized spacial score (nSPS) is 18.9. The molecule has 2 aromatic rings. The summed E-state index contributed by atoms with van der Waals surface area (Å²) < 4.78 is 1.98. The van der Waals surface area contributed by atoms with Gasteiger partial charge >= 0.3 is 0 Å². The molecule has 3 rings (SSSR count). The van der Waals surface area contributed by atoms with Gasteiger partial charge < -0.3 is 5.32 Å². The molecule has 1 saturated heterocycles. The summed E-state index contributed by atoms with van der Waals surface area (Å²) in [6.07, 6.45) is 7.85. The first-order valence-corrected chi connectivity index (χ1v) is 7.29. The molecule has 106 valence electrons. The van der Waals surface area contributed by atoms with Crippen molar-refractivity contribution in [3.05, 3.63) is 30.4 Å². The first-order valence-electron chi connectivity index (χ1n) is 7.29. The summed E-state index contributed by atoms with van der Waals surface area (Å²) in [5.41, 5.74) is 3.00. The molecule has 20 heavy (non-hydrogen) atoms. The van der Waals surface area contributed by atoms with Gasteiger partial charge in [-0.2, -0.15) is 5.10 Å². The van der Waals surface area contributed by atoms with Crippen LogP contribution in [-0.2, 0) is 6.42 Å². The van der Waals surface area contributed by atoms with E-state index in [9.17, 15) is 0 Å². The molecule has 5 nitrogen and oxygen atoms in total. The third-order valence-electron chi connectivity index (χ3n) is 3.79. The second kappa shape index (κ2) is 5.71. The monoisotopic (exact) mass is 271 g/mol. The lowest BCUT2D eigenvalue weighted by Crippen LogP contribution is -2.11. The van der Waals surface area contributed by atoms with Crippen molar-refractivity contribution in [1.29, 1.82) is 0 Å². The SMILES string of the molecule is CC(C)n1nccc1-c1cnc(C[C@H]2CCNC2)cn1. The number of rotatable bonds is 4. The molecular weight excluding hydrogens is 250 g/mol. The molecule has 1 aliphatic heterocycles. The van der Waals surface area contributed by atoms with Gasteiger partial charge in [-0.15, -0.1) is 0 Å². The van der Waals surface area contributed by atoms with Gasteiger partial charge in [0.2, 0.25) is 0 Å². The van der Waals surface area contributed by atoms with E-state index < -0.39 is 0 Å². The van der Waals surface area contributed by atoms with Crippen LogP contribution in [0.1, 0.15) is 32.0 Å². The van der Waals surface area contributed by atoms with Crippen LogP contribution in [0.4, 0.5) is 0 Å². The molecule has 0 spiro atoms. The summed E-state index contributed by atoms with van der Waals surface area (Å²) in [7, 11) is 0. The van der Waals surface area contributed by atoms with Gasteiger partial charge in [0, 0.05) is 18.4 Å². The summed E-state index contributed by atoms with van der Waals surface area (Å²) in [5, 5.41) is 7.72. The highest BCUT2D eigenvalue weighted by molar-refractivity contribution is 5.52. The number of nitrogens with zero attached hydrogens (tertiary/aromatic N) is 4. The molecule has 0 aromatic carbocycles. The van der Waals surface area contributed by atoms with Gasteiger partial charge in [-0.3, -0.25) is 14.6 Å². The van der Waals surface area contributed by atoms with E-state index in [1.807, 2.05) is 29.3 Å². The predicted molar refractivity (Wildman–Crippen MR) is 78.3 cm³/mol. The van der Waals surface area contributed by atoms with Crippen molar-refractivity contribution in [3.63, 3.8) is 0 Å². The zero-order valence-electron chi connectivity index (χ0n) is 12.1. The van der Waals surface area contributed by atoms with Crippen LogP contribution in [0.3, 0.4) is 0 Å². The summed E-state index contributed by atoms with van der Waals surface area (Å²) >= 11 is 0. The molecule has 0 bridgehead atoms. The average molecular weight is 271 g/mol. The van der Waals surface area contributed by atoms with E-state index in [2.05, 4.69) is 34.2 Å². The minimum atomic E-state index is 0.325. The average Bonchev–Trinajstić information content (AvgIpc) is 3.10. The Morgan fingerprint density at radius 3 is 2.90 bits per heavy atom. The van der Waals surface area contributed by atoms with E-state index in [1.165, 1.54) is 6.42 Å². The van der Waals surface area contributed by atoms with E-state index >= 15 is 0 Å². The molecule has 5 heteroatoms. The van der Waals surface area contributed by atoms with Crippen LogP contribution in [0.15, 0.2) is 24.7 Å². The van der Waals surface area contributed by atoms with Crippen molar-refractivity contribution in [3.8, 4) is 11.4 Å². The summed E-state index contributed by atoms with van der Waals surface area (Å²) in [5.74, 6) is 0.705. The van der Waals surface area contributed by atoms with Gasteiger partial charge in [0.25, 0.3) is 0 Å². The highest BCUT2D eigenvalue weighted by Gasteiger charge is 2.16. The van der Waals surface area contributed by atoms with Crippen LogP contribution in [-0.4, -0.2) is 32.8 Å². The fourth-order valence-corrected chi connectivity index (χ4v) is 2.71. The third-order valence-corrected chi connectivity index (χ3v) is 3.79. The van der Waals surface area contributed by atoms with Crippen LogP contribution >= 0.6 is 0 Å². The van der Waals surface area contributed by atoms with Crippen LogP contribution in [0.2, 0.25) is 0 Å². The van der Waals surface area contributed by atoms with E-state index in [0.29, 0.717) is 12.0 Å². The summed E-state index contributed by atoms with van der Waals surface area (Å²) in [6, 6.07) is 2.32. The molecular formula is C15H21N5. The molecule has 2 aromatic heterocycles. The van der Waals surface area contributed by atoms with Crippen molar-refractivity contribution in [2.75, 3.05) is 13.1 Å². The van der Waals surface area contributed by atoms with Crippen LogP contribution in [0.5, 0.6) is 0 Å². The molecule has 0 amide bonds. The van der Waals surface area contributed by atoms with Gasteiger partial charge in [0.1, 0.15) is 5.69 Å². The molecule has 0 saturated carbocycles. The maximum absolute atomic E-state index is 4.57. The zero-order chi connectivity index (χ0) is 13.9. The predicted octanol–water partition coefficient (Wildman–Crippen LogP) is 2.07. The van der Waals surface area contributed by atoms with Gasteiger partial charge in [-0.25, -0.2) is 0 Å². The molecule has 0 aliphatic carbocycles. The number of aromatic nitrogens is 4. The van der Waals surface area contributed by atoms with E-state index in [-0.39, 0.29) is 0 Å². The van der Waals surface area contributed by atoms with E-state index in [4.69, 9.17) is 0 Å². The Morgan fingerprint density at radius 2 is 2.25 bits per heavy atom. The van der Waals surface area contributed by atoms with Crippen LogP contribution in [0.25, 0.3) is 11.4 Å². The van der Waals surface area contributed by atoms with Gasteiger partial charge in [0.15, 0.2) is 0 Å². The molecule has 1 N–H and O–H groups in total. The summed E-state index contributed by atoms with van der Waals surface area (Å²) in [4.78, 5) is 9.13. The van der Waals surface area contributed by atoms with Gasteiger partial charge in [0.05, 0.1) is 17.6 Å². The van der Waals surface area contributed by atoms with E-state index in [0.717, 1.165) is 36.6 Å². The Kier molecular flexibility index (Phi) is 3.78. The Balaban J connectivity index is 1.76. The first kappa shape index (κ1) is 13.2. The van der Waals surface area contributed by atoms with E-state index in [1.54, 1.807) is 0 Å². The van der Waals surface area contributed by atoms with Crippen molar-refractivity contribution in [1.82, 2.24) is 25.1 Å². The molecule has 0 unspecified atom stereocenters. The maximum Gasteiger partial charge on any atom is 0.107 e. The van der Waals surface area contributed by atoms with Crippen LogP contribution in [0, 0.1) is 5.92 Å². The lowest BCUT2D eigenvalue weighted by atomic mass is 10.0. The van der Waals surface area contributed by atoms with Crippen LogP contribution < -0.4 is 5.32 Å². The van der Waals surface area contributed by atoms with Gasteiger partial charge in [-0.1, -0.05) is 0 Å². The Bertz CT molecular complexity index is 552. The highest BCUT2D eigenvalue weighted by Crippen LogP contribution is 2.20. The van der Waals surface area contributed by atoms with Crippen molar-refractivity contribution >= 4 is 0 Å². The number of nitrogens with one attached hydrogen (secondary N) is 1. The second-order valence-corrected chi connectivity index (χ2v) is 5.71. The fraction of sp³-hybridized carbons (Fsp3) is 0.533. The topological polar surface area (TPSA) is 55.6 Å². The smallest absolute Gasteiger partial charge is 0.107 e. The second-order valence-electron chi connectivity index (χ2n) is 5.71. The molecule has 1 atom stereocenters. The minimum absolute atomic E-state index is 0.325. The molecule has 1 aliphatic rings. The van der Waals surface area contributed by atoms with Crippen molar-refractivity contribution < 1.29 is 0 Å². The van der Waals surface area contributed by atoms with Gasteiger partial charge in [-0.05, 0) is 51.8 Å². The Labute approximate surface area is 119 Å². The quantitative estimate of drug-likeness (QED) is 0.925. The zero-order valence-corrected chi connectivity index (χ0v) is 12.1. The molecule has 0 radical (unpaired) electrons. The highest BCUT2D eigenvalue weighted by atomic mass is 15.3. The minimum Gasteiger partial charge on any atom is -0.316 e. The molecule has 3 heterocycles. The lowest BCUT2D eigenvalue weighted by Gasteiger charge is -2.11. The standard InChI is InChI=1S/C15H21N5/c1-11(2)20-15(4-6-19-20)14-10-17-13(9-18-14)7-12-3-5-16-8-12/h4,6,9-12,16H,3,5,7-8H2,1-2H3/t12-/m1/s1. The fourth-order valence-electron chi connectivity index (χ4n) is 2.71. The largest absolute Gasteiger partial charge is 0.316 e. The summed E-state index contributed by atoms with van der Waals surface area (Å²) in [6.45, 7) is 6.46. The third kappa shape index (κ3) is 2.72. The Morgan fingerprint density at radius 1 is 1.35 bits per heavy atom. The van der Waals surface area contributed by atoms with Crippen molar-refractivity contribution in [2.24, 2.45) is 5.92 Å². The first-order chi connectivity index (χ1) is 9.74. The number of hydrogen-bond acceptors (Lipinski definition) is 4. The maximum atomic E-state index is 4.57. The number of hydrogen-bond donors (Lipinski definition) is 1. The lowest BCUT2D eigenvalue weighted by molar-refractivity contribution is 0.537. The Hall–Kier alpha value is -1.75. The molecule has 1 fully saturated rings.